The summed E-state index contributed by atoms with van der Waals surface area (Å²) in [5, 5.41) is 0.446. The van der Waals surface area contributed by atoms with Crippen LogP contribution in [0.4, 0.5) is 4.39 Å². The Bertz CT molecular complexity index is 602. The van der Waals surface area contributed by atoms with E-state index in [2.05, 4.69) is 12.0 Å². The van der Waals surface area contributed by atoms with Crippen LogP contribution in [-0.2, 0) is 0 Å². The molecule has 0 saturated heterocycles. The van der Waals surface area contributed by atoms with Gasteiger partial charge < -0.3 is 4.74 Å². The van der Waals surface area contributed by atoms with Crippen molar-refractivity contribution >= 4 is 11.6 Å². The largest absolute Gasteiger partial charge is 0.480 e. The molecule has 2 aromatic carbocycles. The summed E-state index contributed by atoms with van der Waals surface area (Å²) in [7, 11) is 0. The minimum Gasteiger partial charge on any atom is -0.480 e. The van der Waals surface area contributed by atoms with Crippen LogP contribution >= 0.6 is 11.6 Å². The second-order valence-corrected chi connectivity index (χ2v) is 3.94. The van der Waals surface area contributed by atoms with Crippen molar-refractivity contribution in [2.45, 2.75) is 0 Å². The third-order valence-electron chi connectivity index (χ3n) is 2.34. The lowest BCUT2D eigenvalue weighted by atomic mass is 10.0. The molecule has 0 atom stereocenters. The number of rotatable bonds is 3. The molecule has 1 radical (unpaired) electrons. The SMILES string of the molecule is C#CCOc1[c]cccc1-c1cc(F)ccc1Cl. The van der Waals surface area contributed by atoms with E-state index in [1.807, 2.05) is 0 Å². The number of benzene rings is 2. The second kappa shape index (κ2) is 5.57. The number of hydrogen-bond acceptors (Lipinski definition) is 1. The number of para-hydroxylation sites is 1. The predicted molar refractivity (Wildman–Crippen MR) is 70.0 cm³/mol. The summed E-state index contributed by atoms with van der Waals surface area (Å²) in [6.45, 7) is 0.125. The molecule has 0 saturated carbocycles. The van der Waals surface area contributed by atoms with Crippen molar-refractivity contribution in [2.24, 2.45) is 0 Å². The van der Waals surface area contributed by atoms with Gasteiger partial charge in [-0.05, 0) is 18.2 Å². The van der Waals surface area contributed by atoms with Gasteiger partial charge in [0.05, 0.1) is 0 Å². The lowest BCUT2D eigenvalue weighted by Crippen LogP contribution is -1.96. The first-order valence-electron chi connectivity index (χ1n) is 5.25. The van der Waals surface area contributed by atoms with Gasteiger partial charge in [-0.3, -0.25) is 0 Å². The second-order valence-electron chi connectivity index (χ2n) is 3.53. The first-order chi connectivity index (χ1) is 8.72. The summed E-state index contributed by atoms with van der Waals surface area (Å²) in [6, 6.07) is 12.3. The molecular weight excluding hydrogens is 251 g/mol. The Kier molecular flexibility index (Phi) is 3.86. The van der Waals surface area contributed by atoms with E-state index in [0.717, 1.165) is 0 Å². The van der Waals surface area contributed by atoms with Gasteiger partial charge in [-0.25, -0.2) is 4.39 Å². The molecule has 2 rings (SSSR count). The molecule has 3 heteroatoms. The molecule has 0 amide bonds. The fourth-order valence-corrected chi connectivity index (χ4v) is 1.79. The van der Waals surface area contributed by atoms with Crippen LogP contribution in [-0.4, -0.2) is 6.61 Å². The monoisotopic (exact) mass is 259 g/mol. The Labute approximate surface area is 110 Å². The molecule has 0 aliphatic heterocycles. The normalized spacial score (nSPS) is 9.83. The maximum atomic E-state index is 13.3. The minimum absolute atomic E-state index is 0.125. The lowest BCUT2D eigenvalue weighted by Gasteiger charge is -2.10. The first-order valence-corrected chi connectivity index (χ1v) is 5.62. The fourth-order valence-electron chi connectivity index (χ4n) is 1.57. The van der Waals surface area contributed by atoms with Crippen LogP contribution in [0.1, 0.15) is 0 Å². The van der Waals surface area contributed by atoms with Gasteiger partial charge in [-0.15, -0.1) is 6.42 Å². The molecule has 2 aromatic rings. The van der Waals surface area contributed by atoms with Crippen LogP contribution in [0.25, 0.3) is 11.1 Å². The summed E-state index contributed by atoms with van der Waals surface area (Å²) in [5.74, 6) is 2.47. The van der Waals surface area contributed by atoms with Crippen LogP contribution in [0.5, 0.6) is 5.75 Å². The third kappa shape index (κ3) is 2.64. The fraction of sp³-hybridized carbons (Fsp3) is 0.0667. The van der Waals surface area contributed by atoms with Crippen molar-refractivity contribution in [2.75, 3.05) is 6.61 Å². The highest BCUT2D eigenvalue weighted by Crippen LogP contribution is 2.34. The van der Waals surface area contributed by atoms with Gasteiger partial charge in [-0.2, -0.15) is 0 Å². The van der Waals surface area contributed by atoms with E-state index >= 15 is 0 Å². The average molecular weight is 260 g/mol. The zero-order chi connectivity index (χ0) is 13.0. The van der Waals surface area contributed by atoms with Crippen LogP contribution in [0.15, 0.2) is 36.4 Å². The van der Waals surface area contributed by atoms with Crippen LogP contribution in [0, 0.1) is 24.2 Å². The lowest BCUT2D eigenvalue weighted by molar-refractivity contribution is 0.371. The van der Waals surface area contributed by atoms with Gasteiger partial charge in [-0.1, -0.05) is 35.7 Å². The van der Waals surface area contributed by atoms with E-state index in [1.54, 1.807) is 18.2 Å². The quantitative estimate of drug-likeness (QED) is 0.758. The third-order valence-corrected chi connectivity index (χ3v) is 2.67. The Morgan fingerprint density at radius 1 is 1.33 bits per heavy atom. The highest BCUT2D eigenvalue weighted by Gasteiger charge is 2.10. The zero-order valence-electron chi connectivity index (χ0n) is 9.41. The van der Waals surface area contributed by atoms with Crippen LogP contribution in [0.2, 0.25) is 5.02 Å². The predicted octanol–water partition coefficient (Wildman–Crippen LogP) is 3.96. The minimum atomic E-state index is -0.360. The van der Waals surface area contributed by atoms with Gasteiger partial charge in [0.25, 0.3) is 0 Å². The van der Waals surface area contributed by atoms with Gasteiger partial charge in [0, 0.05) is 22.2 Å². The highest BCUT2D eigenvalue weighted by atomic mass is 35.5. The number of halogens is 2. The molecule has 0 aliphatic rings. The number of ether oxygens (including phenoxy) is 1. The van der Waals surface area contributed by atoms with Crippen molar-refractivity contribution in [1.29, 1.82) is 0 Å². The number of hydrogen-bond donors (Lipinski definition) is 0. The van der Waals surface area contributed by atoms with Gasteiger partial charge in [0.15, 0.2) is 0 Å². The van der Waals surface area contributed by atoms with Crippen molar-refractivity contribution in [3.05, 3.63) is 53.3 Å². The molecule has 18 heavy (non-hydrogen) atoms. The zero-order valence-corrected chi connectivity index (χ0v) is 10.2. The Hall–Kier alpha value is -1.98. The van der Waals surface area contributed by atoms with Gasteiger partial charge in [0.1, 0.15) is 18.2 Å². The molecule has 0 aromatic heterocycles. The highest BCUT2D eigenvalue weighted by molar-refractivity contribution is 6.33. The van der Waals surface area contributed by atoms with Crippen LogP contribution in [0.3, 0.4) is 0 Å². The molecule has 0 spiro atoms. The molecule has 0 heterocycles. The van der Waals surface area contributed by atoms with Gasteiger partial charge in [0.2, 0.25) is 0 Å². The first kappa shape index (κ1) is 12.5. The van der Waals surface area contributed by atoms with Crippen molar-refractivity contribution in [1.82, 2.24) is 0 Å². The van der Waals surface area contributed by atoms with E-state index in [0.29, 0.717) is 21.9 Å². The average Bonchev–Trinajstić information content (AvgIpc) is 2.39. The van der Waals surface area contributed by atoms with E-state index < -0.39 is 0 Å². The smallest absolute Gasteiger partial charge is 0.148 e. The summed E-state index contributed by atoms with van der Waals surface area (Å²) < 4.78 is 18.6. The van der Waals surface area contributed by atoms with E-state index in [-0.39, 0.29) is 12.4 Å². The maximum absolute atomic E-state index is 13.3. The van der Waals surface area contributed by atoms with Crippen LogP contribution < -0.4 is 4.74 Å². The standard InChI is InChI=1S/C15H9ClFO/c1-2-9-18-15-6-4-3-5-12(15)13-10-11(17)7-8-14(13)16/h1,3-5,7-8,10H,9H2. The molecule has 0 aliphatic carbocycles. The van der Waals surface area contributed by atoms with Gasteiger partial charge >= 0.3 is 0 Å². The summed E-state index contributed by atoms with van der Waals surface area (Å²) in [5.41, 5.74) is 1.22. The molecule has 0 N–H and O–H groups in total. The Morgan fingerprint density at radius 3 is 2.94 bits per heavy atom. The van der Waals surface area contributed by atoms with Crippen molar-refractivity contribution in [3.63, 3.8) is 0 Å². The Morgan fingerprint density at radius 2 is 2.17 bits per heavy atom. The number of terminal acetylenes is 1. The molecular formula is C15H9ClFO. The van der Waals surface area contributed by atoms with E-state index in [1.165, 1.54) is 18.2 Å². The molecule has 0 unspecified atom stereocenters. The van der Waals surface area contributed by atoms with Crippen molar-refractivity contribution in [3.8, 4) is 29.2 Å². The Balaban J connectivity index is 2.50. The summed E-state index contributed by atoms with van der Waals surface area (Å²) >= 11 is 6.06. The topological polar surface area (TPSA) is 9.23 Å². The summed E-state index contributed by atoms with van der Waals surface area (Å²) in [4.78, 5) is 0. The van der Waals surface area contributed by atoms with E-state index in [4.69, 9.17) is 22.8 Å². The van der Waals surface area contributed by atoms with Crippen molar-refractivity contribution < 1.29 is 9.13 Å². The molecule has 89 valence electrons. The molecule has 1 nitrogen and oxygen atoms in total. The van der Waals surface area contributed by atoms with E-state index in [9.17, 15) is 4.39 Å². The maximum Gasteiger partial charge on any atom is 0.148 e. The molecule has 0 bridgehead atoms. The molecule has 0 fully saturated rings. The summed E-state index contributed by atoms with van der Waals surface area (Å²) in [6.07, 6.45) is 5.14.